The zero-order valence-electron chi connectivity index (χ0n) is 12.1. The molecule has 24 heavy (non-hydrogen) atoms. The molecule has 1 aromatic heterocycles. The van der Waals surface area contributed by atoms with Gasteiger partial charge in [-0.25, -0.2) is 9.18 Å². The van der Waals surface area contributed by atoms with Crippen LogP contribution >= 0.6 is 31.9 Å². The minimum Gasteiger partial charge on any atom is -0.478 e. The fourth-order valence-electron chi connectivity index (χ4n) is 2.44. The van der Waals surface area contributed by atoms with E-state index >= 15 is 0 Å². The number of benzene rings is 1. The lowest BCUT2D eigenvalue weighted by Gasteiger charge is -2.25. The third-order valence-electron chi connectivity index (χ3n) is 3.50. The van der Waals surface area contributed by atoms with Crippen LogP contribution in [0.25, 0.3) is 0 Å². The van der Waals surface area contributed by atoms with E-state index in [1.165, 1.54) is 24.5 Å². The Morgan fingerprint density at radius 3 is 2.79 bits per heavy atom. The molecule has 8 heteroatoms. The van der Waals surface area contributed by atoms with Gasteiger partial charge in [0.15, 0.2) is 11.6 Å². The SMILES string of the molecule is O=C(O)C1=C(CBr)NC(c2ccco2)=NC1c1ccc(F)cc1Br. The summed E-state index contributed by atoms with van der Waals surface area (Å²) in [5, 5.41) is 12.9. The first kappa shape index (κ1) is 16.9. The maximum absolute atomic E-state index is 13.4. The van der Waals surface area contributed by atoms with Gasteiger partial charge >= 0.3 is 5.97 Å². The Morgan fingerprint density at radius 2 is 2.21 bits per heavy atom. The molecule has 0 saturated carbocycles. The number of nitrogens with one attached hydrogen (secondary N) is 1. The summed E-state index contributed by atoms with van der Waals surface area (Å²) < 4.78 is 19.2. The number of amidine groups is 1. The van der Waals surface area contributed by atoms with Crippen molar-refractivity contribution in [3.8, 4) is 0 Å². The molecule has 1 aliphatic heterocycles. The standard InChI is InChI=1S/C16H11Br2FN2O3/c17-7-11-13(16(22)23)14(9-4-3-8(19)6-10(9)18)21-15(20-11)12-2-1-5-24-12/h1-6,14H,7H2,(H,20,21)(H,22,23). The van der Waals surface area contributed by atoms with Crippen molar-refractivity contribution in [1.82, 2.24) is 5.32 Å². The first-order valence-corrected chi connectivity index (χ1v) is 8.78. The van der Waals surface area contributed by atoms with Gasteiger partial charge in [0.2, 0.25) is 0 Å². The monoisotopic (exact) mass is 456 g/mol. The Balaban J connectivity index is 2.17. The van der Waals surface area contributed by atoms with E-state index in [1.807, 2.05) is 0 Å². The van der Waals surface area contributed by atoms with Gasteiger partial charge in [-0.3, -0.25) is 4.99 Å². The zero-order chi connectivity index (χ0) is 17.3. The number of halogens is 3. The second-order valence-corrected chi connectivity index (χ2v) is 6.39. The van der Waals surface area contributed by atoms with Gasteiger partial charge in [0.25, 0.3) is 0 Å². The molecule has 0 spiro atoms. The van der Waals surface area contributed by atoms with E-state index in [0.717, 1.165) is 0 Å². The molecule has 0 amide bonds. The average Bonchev–Trinajstić information content (AvgIpc) is 3.08. The van der Waals surface area contributed by atoms with Crippen LogP contribution in [0.15, 0.2) is 61.7 Å². The maximum Gasteiger partial charge on any atom is 0.335 e. The fourth-order valence-corrected chi connectivity index (χ4v) is 3.45. The number of rotatable bonds is 4. The predicted molar refractivity (Wildman–Crippen MR) is 93.7 cm³/mol. The molecule has 0 bridgehead atoms. The second kappa shape index (κ2) is 6.90. The number of aliphatic carboxylic acids is 1. The average molecular weight is 458 g/mol. The van der Waals surface area contributed by atoms with Crippen molar-refractivity contribution in [1.29, 1.82) is 0 Å². The molecule has 1 unspecified atom stereocenters. The first-order valence-electron chi connectivity index (χ1n) is 6.87. The summed E-state index contributed by atoms with van der Waals surface area (Å²) in [6.07, 6.45) is 1.51. The molecule has 0 radical (unpaired) electrons. The largest absolute Gasteiger partial charge is 0.478 e. The van der Waals surface area contributed by atoms with E-state index in [2.05, 4.69) is 42.2 Å². The predicted octanol–water partition coefficient (Wildman–Crippen LogP) is 4.01. The van der Waals surface area contributed by atoms with Crippen LogP contribution in [0, 0.1) is 5.82 Å². The van der Waals surface area contributed by atoms with E-state index in [-0.39, 0.29) is 5.57 Å². The summed E-state index contributed by atoms with van der Waals surface area (Å²) in [6.45, 7) is 0. The molecule has 3 rings (SSSR count). The molecule has 2 aromatic rings. The molecule has 2 N–H and O–H groups in total. The normalized spacial score (nSPS) is 17.5. The molecule has 0 aliphatic carbocycles. The molecule has 0 saturated heterocycles. The highest BCUT2D eigenvalue weighted by Gasteiger charge is 2.32. The summed E-state index contributed by atoms with van der Waals surface area (Å²) >= 11 is 6.59. The number of carboxylic acid groups (broad SMARTS) is 1. The highest BCUT2D eigenvalue weighted by atomic mass is 79.9. The van der Waals surface area contributed by atoms with E-state index in [1.54, 1.807) is 12.1 Å². The van der Waals surface area contributed by atoms with Crippen LogP contribution < -0.4 is 5.32 Å². The number of carboxylic acids is 1. The molecule has 0 fully saturated rings. The Labute approximate surface area is 153 Å². The number of hydrogen-bond acceptors (Lipinski definition) is 4. The number of hydrogen-bond donors (Lipinski definition) is 2. The topological polar surface area (TPSA) is 74.8 Å². The minimum atomic E-state index is -1.10. The Hall–Kier alpha value is -1.93. The summed E-state index contributed by atoms with van der Waals surface area (Å²) in [4.78, 5) is 16.3. The lowest BCUT2D eigenvalue weighted by atomic mass is 9.96. The van der Waals surface area contributed by atoms with E-state index in [0.29, 0.717) is 32.7 Å². The van der Waals surface area contributed by atoms with Crippen molar-refractivity contribution in [2.75, 3.05) is 5.33 Å². The molecule has 1 atom stereocenters. The van der Waals surface area contributed by atoms with Crippen LogP contribution in [-0.4, -0.2) is 22.2 Å². The summed E-state index contributed by atoms with van der Waals surface area (Å²) in [6, 6.07) is 6.72. The van der Waals surface area contributed by atoms with E-state index < -0.39 is 17.8 Å². The fraction of sp³-hybridized carbons (Fsp3) is 0.125. The quantitative estimate of drug-likeness (QED) is 0.680. The Morgan fingerprint density at radius 1 is 1.42 bits per heavy atom. The van der Waals surface area contributed by atoms with Gasteiger partial charge in [-0.15, -0.1) is 0 Å². The van der Waals surface area contributed by atoms with Crippen molar-refractivity contribution in [3.05, 3.63) is 69.5 Å². The third kappa shape index (κ3) is 3.16. The molecule has 1 aliphatic rings. The minimum absolute atomic E-state index is 0.0921. The lowest BCUT2D eigenvalue weighted by molar-refractivity contribution is -0.133. The molecule has 1 aromatic carbocycles. The lowest BCUT2D eigenvalue weighted by Crippen LogP contribution is -2.33. The van der Waals surface area contributed by atoms with E-state index in [9.17, 15) is 14.3 Å². The number of alkyl halides is 1. The van der Waals surface area contributed by atoms with Gasteiger partial charge in [0.1, 0.15) is 11.9 Å². The van der Waals surface area contributed by atoms with Gasteiger partial charge in [-0.05, 0) is 29.8 Å². The molecule has 2 heterocycles. The van der Waals surface area contributed by atoms with Crippen LogP contribution in [-0.2, 0) is 4.79 Å². The summed E-state index contributed by atoms with van der Waals surface area (Å²) in [5.41, 5.74) is 1.11. The van der Waals surface area contributed by atoms with Crippen LogP contribution in [0.5, 0.6) is 0 Å². The van der Waals surface area contributed by atoms with Crippen molar-refractivity contribution in [2.24, 2.45) is 4.99 Å². The Kier molecular flexibility index (Phi) is 4.86. The second-order valence-electron chi connectivity index (χ2n) is 4.98. The number of aliphatic imine (C=N–C) groups is 1. The molecule has 5 nitrogen and oxygen atoms in total. The van der Waals surface area contributed by atoms with Crippen LogP contribution in [0.1, 0.15) is 17.4 Å². The summed E-state index contributed by atoms with van der Waals surface area (Å²) in [5.74, 6) is -0.612. The van der Waals surface area contributed by atoms with Crippen molar-refractivity contribution in [2.45, 2.75) is 6.04 Å². The smallest absolute Gasteiger partial charge is 0.335 e. The number of nitrogens with zero attached hydrogens (tertiary/aromatic N) is 1. The van der Waals surface area contributed by atoms with Crippen LogP contribution in [0.4, 0.5) is 4.39 Å². The van der Waals surface area contributed by atoms with Crippen LogP contribution in [0.3, 0.4) is 0 Å². The van der Waals surface area contributed by atoms with Crippen molar-refractivity contribution in [3.63, 3.8) is 0 Å². The van der Waals surface area contributed by atoms with Gasteiger partial charge in [-0.2, -0.15) is 0 Å². The number of carbonyl (C=O) groups is 1. The molecule has 124 valence electrons. The molecular weight excluding hydrogens is 447 g/mol. The highest BCUT2D eigenvalue weighted by Crippen LogP contribution is 2.36. The highest BCUT2D eigenvalue weighted by molar-refractivity contribution is 9.10. The number of allylic oxidation sites excluding steroid dienone is 1. The van der Waals surface area contributed by atoms with Gasteiger partial charge < -0.3 is 14.8 Å². The Bertz CT molecular complexity index is 847. The first-order chi connectivity index (χ1) is 11.5. The van der Waals surface area contributed by atoms with Gasteiger partial charge in [0, 0.05) is 15.5 Å². The van der Waals surface area contributed by atoms with Crippen LogP contribution in [0.2, 0.25) is 0 Å². The number of furan rings is 1. The van der Waals surface area contributed by atoms with Crippen molar-refractivity contribution < 1.29 is 18.7 Å². The van der Waals surface area contributed by atoms with E-state index in [4.69, 9.17) is 4.42 Å². The maximum atomic E-state index is 13.4. The third-order valence-corrected chi connectivity index (χ3v) is 4.75. The van der Waals surface area contributed by atoms with Gasteiger partial charge in [-0.1, -0.05) is 37.9 Å². The van der Waals surface area contributed by atoms with Crippen molar-refractivity contribution >= 4 is 43.7 Å². The zero-order valence-corrected chi connectivity index (χ0v) is 15.3. The van der Waals surface area contributed by atoms with Gasteiger partial charge in [0.05, 0.1) is 11.8 Å². The molecular formula is C16H11Br2FN2O3. The summed E-state index contributed by atoms with van der Waals surface area (Å²) in [7, 11) is 0.